The molecule has 0 saturated heterocycles. The molecule has 0 amide bonds. The van der Waals surface area contributed by atoms with Crippen molar-refractivity contribution in [2.75, 3.05) is 0 Å². The van der Waals surface area contributed by atoms with E-state index < -0.39 is 0 Å². The lowest BCUT2D eigenvalue weighted by atomic mass is 9.98. The molecule has 0 fully saturated rings. The summed E-state index contributed by atoms with van der Waals surface area (Å²) < 4.78 is 7.61. The van der Waals surface area contributed by atoms with Crippen LogP contribution in [0.2, 0.25) is 0 Å². The van der Waals surface area contributed by atoms with Crippen LogP contribution in [0.3, 0.4) is 0 Å². The van der Waals surface area contributed by atoms with E-state index >= 15 is 0 Å². The number of benzene rings is 18. The van der Waals surface area contributed by atoms with Gasteiger partial charge in [0, 0.05) is 143 Å². The molecule has 0 saturated carbocycles. The van der Waals surface area contributed by atoms with E-state index in [2.05, 4.69) is 352 Å². The third kappa shape index (κ3) is 16.7. The first-order chi connectivity index (χ1) is 69.8. The number of hydrogen-bond donors (Lipinski definition) is 0. The Kier molecular flexibility index (Phi) is 22.4. The fourth-order valence-corrected chi connectivity index (χ4v) is 22.5. The van der Waals surface area contributed by atoms with Crippen molar-refractivity contribution < 1.29 is 0 Å². The SMILES string of the molecule is c1ccc(-c2cc(-c3ccc(-c4ccc5sc6c7ccccc7nc(-c7ccccc7)c6c5c4)cc3)nc(-c3ccccc3)n2)cc1.c1ccc(-c2cc(-c3ccc(-c4ccc5sc6c7ccccc7nc(-c7ccccc7)c6c5c4)cc3)nc(-c3ccccc3)n2)cc1.c1ccc(-c2nc(-c3ccccc3)nc(-c3ccc(-c4ccc5sc6c7ccccc7nc(-c7ccccc7)c6c5c4)cc3)n2)cc1. The van der Waals surface area contributed by atoms with Crippen molar-refractivity contribution in [3.8, 4) is 169 Å². The molecular formula is C128H80N10S3. The molecule has 0 atom stereocenters. The van der Waals surface area contributed by atoms with Gasteiger partial charge in [-0.25, -0.2) is 49.8 Å². The maximum atomic E-state index is 5.20. The Morgan fingerprint density at radius 2 is 0.319 bits per heavy atom. The summed E-state index contributed by atoms with van der Waals surface area (Å²) in [6.07, 6.45) is 0. The highest BCUT2D eigenvalue weighted by Gasteiger charge is 2.24. The van der Waals surface area contributed by atoms with Crippen LogP contribution < -0.4 is 0 Å². The molecule has 9 heterocycles. The van der Waals surface area contributed by atoms with Crippen LogP contribution in [0.1, 0.15) is 0 Å². The van der Waals surface area contributed by atoms with Crippen molar-refractivity contribution in [2.45, 2.75) is 0 Å². The standard InChI is InChI=1S/2C43H27N3S.C42H26N4S/c2*1-4-12-29(13-5-1)37-27-38(46-43(45-37)32-16-8-3-9-17-32)30-22-20-28(21-23-30)33-24-25-39-35(26-33)40-41(31-14-6-2-7-15-31)44-36-19-11-10-18-34(36)42(40)47-39;1-4-12-28(13-5-1)38-37-34-26-32(24-25-36(34)47-39(37)33-18-10-11-19-35(33)43-38)27-20-22-31(23-21-27)42-45-40(29-14-6-2-7-15-29)44-41(46-42)30-16-8-3-9-17-30/h2*1-27H;1-26H. The number of nitrogens with zero attached hydrogens (tertiary/aromatic N) is 10. The van der Waals surface area contributed by atoms with Gasteiger partial charge in [-0.05, 0) is 100 Å². The van der Waals surface area contributed by atoms with Gasteiger partial charge >= 0.3 is 0 Å². The Bertz CT molecular complexity index is 8320. The summed E-state index contributed by atoms with van der Waals surface area (Å²) in [5, 5.41) is 10.9. The first-order valence-corrected chi connectivity index (χ1v) is 49.4. The number of hydrogen-bond acceptors (Lipinski definition) is 13. The molecule has 660 valence electrons. The van der Waals surface area contributed by atoms with E-state index in [4.69, 9.17) is 49.8 Å². The Balaban J connectivity index is 0.000000111. The van der Waals surface area contributed by atoms with Crippen LogP contribution >= 0.6 is 34.0 Å². The molecule has 9 aromatic heterocycles. The minimum absolute atomic E-state index is 0.647. The third-order valence-corrected chi connectivity index (χ3v) is 29.5. The van der Waals surface area contributed by atoms with Gasteiger partial charge in [-0.2, -0.15) is 0 Å². The Hall–Kier alpha value is -18.0. The summed E-state index contributed by atoms with van der Waals surface area (Å²) >= 11 is 5.54. The van der Waals surface area contributed by atoms with Crippen molar-refractivity contribution in [3.05, 3.63) is 485 Å². The summed E-state index contributed by atoms with van der Waals surface area (Å²) in [6, 6.07) is 169. The molecule has 0 N–H and O–H groups in total. The highest BCUT2D eigenvalue weighted by molar-refractivity contribution is 7.27. The van der Waals surface area contributed by atoms with Gasteiger partial charge in [0.2, 0.25) is 0 Å². The van der Waals surface area contributed by atoms with Crippen molar-refractivity contribution in [1.82, 2.24) is 49.8 Å². The van der Waals surface area contributed by atoms with Gasteiger partial charge in [0.1, 0.15) is 0 Å². The molecule has 0 aliphatic heterocycles. The second kappa shape index (κ2) is 37.3. The van der Waals surface area contributed by atoms with E-state index in [1.807, 2.05) is 167 Å². The molecule has 0 aliphatic carbocycles. The van der Waals surface area contributed by atoms with Gasteiger partial charge < -0.3 is 0 Å². The Morgan fingerprint density at radius 3 is 0.582 bits per heavy atom. The quantitative estimate of drug-likeness (QED) is 0.0978. The molecular weight excluding hydrogens is 1770 g/mol. The van der Waals surface area contributed by atoms with E-state index in [-0.39, 0.29) is 0 Å². The zero-order chi connectivity index (χ0) is 93.5. The van der Waals surface area contributed by atoms with E-state index in [0.717, 1.165) is 157 Å². The van der Waals surface area contributed by atoms with Crippen LogP contribution in [0.15, 0.2) is 485 Å². The smallest absolute Gasteiger partial charge is 0.164 e. The summed E-state index contributed by atoms with van der Waals surface area (Å²) in [4.78, 5) is 50.2. The summed E-state index contributed by atoms with van der Waals surface area (Å²) in [5.41, 5.74) is 29.2. The van der Waals surface area contributed by atoms with E-state index in [1.165, 1.54) is 87.8 Å². The monoisotopic (exact) mass is 1850 g/mol. The number of pyridine rings is 3. The van der Waals surface area contributed by atoms with Crippen LogP contribution in [-0.2, 0) is 0 Å². The first kappa shape index (κ1) is 84.7. The zero-order valence-corrected chi connectivity index (χ0v) is 78.3. The molecule has 0 radical (unpaired) electrons. The van der Waals surface area contributed by atoms with Gasteiger partial charge in [0.05, 0.1) is 56.4 Å². The minimum atomic E-state index is 0.647. The van der Waals surface area contributed by atoms with Crippen molar-refractivity contribution in [3.63, 3.8) is 0 Å². The predicted octanol–water partition coefficient (Wildman–Crippen LogP) is 34.6. The second-order valence-electron chi connectivity index (χ2n) is 34.7. The summed E-state index contributed by atoms with van der Waals surface area (Å²) in [5.74, 6) is 3.40. The number of para-hydroxylation sites is 3. The van der Waals surface area contributed by atoms with Crippen LogP contribution in [0.5, 0.6) is 0 Å². The maximum Gasteiger partial charge on any atom is 0.164 e. The lowest BCUT2D eigenvalue weighted by Gasteiger charge is -2.10. The van der Waals surface area contributed by atoms with Crippen molar-refractivity contribution in [1.29, 1.82) is 0 Å². The second-order valence-corrected chi connectivity index (χ2v) is 37.9. The lowest BCUT2D eigenvalue weighted by Crippen LogP contribution is -2.00. The predicted molar refractivity (Wildman–Crippen MR) is 590 cm³/mol. The maximum absolute atomic E-state index is 5.20. The topological polar surface area (TPSA) is 129 Å². The lowest BCUT2D eigenvalue weighted by molar-refractivity contribution is 1.07. The number of thiophene rings is 3. The molecule has 0 spiro atoms. The van der Waals surface area contributed by atoms with Crippen LogP contribution in [0, 0.1) is 0 Å². The summed E-state index contributed by atoms with van der Waals surface area (Å²) in [7, 11) is 0. The number of rotatable bonds is 15. The molecule has 141 heavy (non-hydrogen) atoms. The zero-order valence-electron chi connectivity index (χ0n) is 75.9. The van der Waals surface area contributed by atoms with Gasteiger partial charge in [-0.1, -0.05) is 419 Å². The molecule has 27 aromatic rings. The molecule has 0 unspecified atom stereocenters. The van der Waals surface area contributed by atoms with E-state index in [0.29, 0.717) is 17.5 Å². The Morgan fingerprint density at radius 1 is 0.128 bits per heavy atom. The molecule has 18 aromatic carbocycles. The first-order valence-electron chi connectivity index (χ1n) is 47.0. The van der Waals surface area contributed by atoms with E-state index in [9.17, 15) is 0 Å². The molecule has 0 aliphatic rings. The molecule has 0 bridgehead atoms. The number of fused-ring (bicyclic) bond motifs is 15. The normalized spacial score (nSPS) is 11.4. The van der Waals surface area contributed by atoms with Gasteiger partial charge in [0.25, 0.3) is 0 Å². The van der Waals surface area contributed by atoms with Crippen LogP contribution in [0.4, 0.5) is 0 Å². The van der Waals surface area contributed by atoms with E-state index in [1.54, 1.807) is 0 Å². The largest absolute Gasteiger partial charge is 0.247 e. The fraction of sp³-hybridized carbons (Fsp3) is 0. The third-order valence-electron chi connectivity index (χ3n) is 25.9. The van der Waals surface area contributed by atoms with Crippen molar-refractivity contribution in [2.24, 2.45) is 0 Å². The Labute approximate surface area is 825 Å². The molecule has 13 heteroatoms. The van der Waals surface area contributed by atoms with Gasteiger partial charge in [0.15, 0.2) is 29.1 Å². The average Bonchev–Trinajstić information content (AvgIpc) is 1.61. The number of aromatic nitrogens is 10. The minimum Gasteiger partial charge on any atom is -0.247 e. The van der Waals surface area contributed by atoms with Gasteiger partial charge in [-0.15, -0.1) is 34.0 Å². The highest BCUT2D eigenvalue weighted by Crippen LogP contribution is 2.49. The molecule has 27 rings (SSSR count). The average molecular weight is 1850 g/mol. The summed E-state index contributed by atoms with van der Waals surface area (Å²) in [6.45, 7) is 0. The van der Waals surface area contributed by atoms with Crippen LogP contribution in [0.25, 0.3) is 262 Å². The highest BCUT2D eigenvalue weighted by atomic mass is 32.1. The van der Waals surface area contributed by atoms with Crippen LogP contribution in [-0.4, -0.2) is 49.8 Å². The van der Waals surface area contributed by atoms with Gasteiger partial charge in [-0.3, -0.25) is 0 Å². The molecule has 10 nitrogen and oxygen atoms in total. The van der Waals surface area contributed by atoms with Crippen molar-refractivity contribution >= 4 is 127 Å². The fourth-order valence-electron chi connectivity index (χ4n) is 18.9.